The Labute approximate surface area is 137 Å². The fourth-order valence-corrected chi connectivity index (χ4v) is 2.29. The molecule has 0 atom stereocenters. The van der Waals surface area contributed by atoms with Gasteiger partial charge in [-0.25, -0.2) is 9.59 Å². The molecule has 24 heavy (non-hydrogen) atoms. The van der Waals surface area contributed by atoms with E-state index in [2.05, 4.69) is 4.98 Å². The fraction of sp³-hybridized carbons (Fsp3) is 0.375. The van der Waals surface area contributed by atoms with Crippen molar-refractivity contribution in [1.29, 1.82) is 0 Å². The van der Waals surface area contributed by atoms with E-state index in [1.54, 1.807) is 24.3 Å². The molecule has 0 unspecified atom stereocenters. The second-order valence-corrected chi connectivity index (χ2v) is 5.99. The highest BCUT2D eigenvalue weighted by Crippen LogP contribution is 2.14. The van der Waals surface area contributed by atoms with E-state index < -0.39 is 28.7 Å². The molecule has 0 aliphatic carbocycles. The van der Waals surface area contributed by atoms with E-state index in [0.29, 0.717) is 10.9 Å². The number of para-hydroxylation sites is 1. The summed E-state index contributed by atoms with van der Waals surface area (Å²) in [5, 5.41) is 9.52. The summed E-state index contributed by atoms with van der Waals surface area (Å²) in [6.45, 7) is 2.89. The van der Waals surface area contributed by atoms with Gasteiger partial charge in [0.2, 0.25) is 5.91 Å². The molecule has 128 valence electrons. The zero-order chi connectivity index (χ0) is 18.1. The number of hydrogen-bond acceptors (Lipinski definition) is 4. The van der Waals surface area contributed by atoms with Crippen molar-refractivity contribution in [2.45, 2.75) is 32.4 Å². The van der Waals surface area contributed by atoms with Crippen LogP contribution in [0.5, 0.6) is 0 Å². The Morgan fingerprint density at radius 1 is 1.25 bits per heavy atom. The lowest BCUT2D eigenvalue weighted by Crippen LogP contribution is -2.51. The van der Waals surface area contributed by atoms with Crippen molar-refractivity contribution < 1.29 is 14.7 Å². The minimum absolute atomic E-state index is 0.0367. The predicted molar refractivity (Wildman–Crippen MR) is 87.9 cm³/mol. The highest BCUT2D eigenvalue weighted by atomic mass is 16.4. The summed E-state index contributed by atoms with van der Waals surface area (Å²) in [5.41, 5.74) is -2.01. The number of benzene rings is 1. The van der Waals surface area contributed by atoms with Gasteiger partial charge in [-0.15, -0.1) is 0 Å². The van der Waals surface area contributed by atoms with Crippen molar-refractivity contribution in [3.05, 3.63) is 45.1 Å². The number of carboxylic acid groups (broad SMARTS) is 1. The Balaban J connectivity index is 2.29. The van der Waals surface area contributed by atoms with Crippen LogP contribution >= 0.6 is 0 Å². The number of amides is 1. The Bertz CT molecular complexity index is 910. The summed E-state index contributed by atoms with van der Waals surface area (Å²) < 4.78 is 1.30. The number of likely N-dealkylation sites (N-methyl/N-ethyl adjacent to an activating group) is 1. The van der Waals surface area contributed by atoms with Crippen LogP contribution in [0, 0.1) is 0 Å². The third kappa shape index (κ3) is 3.08. The van der Waals surface area contributed by atoms with E-state index in [0.717, 1.165) is 4.90 Å². The van der Waals surface area contributed by atoms with Gasteiger partial charge in [-0.2, -0.15) is 0 Å². The fourth-order valence-electron chi connectivity index (χ4n) is 2.29. The third-order valence-electron chi connectivity index (χ3n) is 4.19. The lowest BCUT2D eigenvalue weighted by atomic mass is 10.0. The first kappa shape index (κ1) is 17.5. The van der Waals surface area contributed by atoms with Gasteiger partial charge in [0.05, 0.1) is 10.9 Å². The molecule has 8 heteroatoms. The first-order valence-corrected chi connectivity index (χ1v) is 7.38. The first-order chi connectivity index (χ1) is 11.2. The number of aromatic nitrogens is 2. The summed E-state index contributed by atoms with van der Waals surface area (Å²) >= 11 is 0. The van der Waals surface area contributed by atoms with Gasteiger partial charge in [0.25, 0.3) is 5.56 Å². The average molecular weight is 333 g/mol. The van der Waals surface area contributed by atoms with Gasteiger partial charge in [-0.3, -0.25) is 19.1 Å². The molecule has 0 aliphatic rings. The van der Waals surface area contributed by atoms with Crippen LogP contribution < -0.4 is 11.2 Å². The van der Waals surface area contributed by atoms with Crippen molar-refractivity contribution >= 4 is 22.8 Å². The van der Waals surface area contributed by atoms with Gasteiger partial charge >= 0.3 is 11.7 Å². The van der Waals surface area contributed by atoms with Gasteiger partial charge in [-0.1, -0.05) is 12.1 Å². The molecular formula is C16H19N3O5. The predicted octanol–water partition coefficient (Wildman–Crippen LogP) is 0.402. The van der Waals surface area contributed by atoms with Gasteiger partial charge < -0.3 is 10.0 Å². The second-order valence-electron chi connectivity index (χ2n) is 5.99. The standard InChI is InChI=1S/C16H19N3O5/c1-16(2,14(22)23)18(3)12(20)8-9-19-11-7-5-4-6-10(11)13(21)17-15(19)24/h4-7H,8-9H2,1-3H3,(H,22,23)(H,17,21,24). The smallest absolute Gasteiger partial charge is 0.329 e. The molecule has 0 saturated carbocycles. The number of carboxylic acids is 1. The van der Waals surface area contributed by atoms with E-state index in [1.165, 1.54) is 25.5 Å². The number of fused-ring (bicyclic) bond motifs is 1. The molecule has 1 aromatic carbocycles. The molecule has 0 fully saturated rings. The molecule has 8 nitrogen and oxygen atoms in total. The highest BCUT2D eigenvalue weighted by molar-refractivity contribution is 5.86. The Hall–Kier alpha value is -2.90. The number of rotatable bonds is 5. The number of nitrogens with zero attached hydrogens (tertiary/aromatic N) is 2. The molecule has 0 aliphatic heterocycles. The van der Waals surface area contributed by atoms with Gasteiger partial charge in [-0.05, 0) is 26.0 Å². The Kier molecular flexibility index (Phi) is 4.59. The van der Waals surface area contributed by atoms with E-state index in [9.17, 15) is 24.3 Å². The van der Waals surface area contributed by atoms with Crippen LogP contribution in [0.2, 0.25) is 0 Å². The summed E-state index contributed by atoms with van der Waals surface area (Å²) in [6.07, 6.45) is -0.0663. The molecule has 0 spiro atoms. The summed E-state index contributed by atoms with van der Waals surface area (Å²) in [6, 6.07) is 6.59. The van der Waals surface area contributed by atoms with E-state index >= 15 is 0 Å². The number of carbonyl (C=O) groups is 2. The zero-order valence-electron chi connectivity index (χ0n) is 13.7. The molecule has 2 N–H and O–H groups in total. The number of nitrogens with one attached hydrogen (secondary N) is 1. The lowest BCUT2D eigenvalue weighted by Gasteiger charge is -2.31. The molecule has 1 aromatic heterocycles. The van der Waals surface area contributed by atoms with Gasteiger partial charge in [0.1, 0.15) is 5.54 Å². The van der Waals surface area contributed by atoms with Crippen LogP contribution in [0.1, 0.15) is 20.3 Å². The summed E-state index contributed by atoms with van der Waals surface area (Å²) in [7, 11) is 1.41. The number of carbonyl (C=O) groups excluding carboxylic acids is 1. The number of aliphatic carboxylic acids is 1. The zero-order valence-corrected chi connectivity index (χ0v) is 13.7. The van der Waals surface area contributed by atoms with Crippen LogP contribution in [-0.4, -0.2) is 44.0 Å². The van der Waals surface area contributed by atoms with E-state index in [4.69, 9.17) is 0 Å². The maximum atomic E-state index is 12.3. The number of H-pyrrole nitrogens is 1. The summed E-state index contributed by atoms with van der Waals surface area (Å²) in [4.78, 5) is 50.7. The van der Waals surface area contributed by atoms with Crippen molar-refractivity contribution in [3.8, 4) is 0 Å². The Morgan fingerprint density at radius 3 is 2.50 bits per heavy atom. The number of aryl methyl sites for hydroxylation is 1. The summed E-state index contributed by atoms with van der Waals surface area (Å²) in [5.74, 6) is -1.53. The van der Waals surface area contributed by atoms with E-state index in [1.807, 2.05) is 0 Å². The van der Waals surface area contributed by atoms with Crippen molar-refractivity contribution in [2.75, 3.05) is 7.05 Å². The average Bonchev–Trinajstić information content (AvgIpc) is 2.53. The third-order valence-corrected chi connectivity index (χ3v) is 4.19. The van der Waals surface area contributed by atoms with Crippen LogP contribution in [0.4, 0.5) is 0 Å². The topological polar surface area (TPSA) is 112 Å². The first-order valence-electron chi connectivity index (χ1n) is 7.38. The normalized spacial score (nSPS) is 11.5. The molecular weight excluding hydrogens is 314 g/mol. The maximum Gasteiger partial charge on any atom is 0.329 e. The SMILES string of the molecule is CN(C(=O)CCn1c(=O)[nH]c(=O)c2ccccc21)C(C)(C)C(=O)O. The lowest BCUT2D eigenvalue weighted by molar-refractivity contribution is -0.155. The van der Waals surface area contributed by atoms with Gasteiger partial charge in [0.15, 0.2) is 0 Å². The van der Waals surface area contributed by atoms with Crippen molar-refractivity contribution in [3.63, 3.8) is 0 Å². The minimum Gasteiger partial charge on any atom is -0.480 e. The van der Waals surface area contributed by atoms with Crippen LogP contribution in [0.3, 0.4) is 0 Å². The van der Waals surface area contributed by atoms with Gasteiger partial charge in [0, 0.05) is 20.0 Å². The van der Waals surface area contributed by atoms with Crippen molar-refractivity contribution in [2.24, 2.45) is 0 Å². The minimum atomic E-state index is -1.35. The monoisotopic (exact) mass is 333 g/mol. The van der Waals surface area contributed by atoms with Crippen molar-refractivity contribution in [1.82, 2.24) is 14.5 Å². The van der Waals surface area contributed by atoms with Crippen LogP contribution in [0.25, 0.3) is 10.9 Å². The largest absolute Gasteiger partial charge is 0.480 e. The molecule has 1 amide bonds. The second kappa shape index (κ2) is 6.31. The van der Waals surface area contributed by atoms with Crippen LogP contribution in [0.15, 0.2) is 33.9 Å². The number of aromatic amines is 1. The molecule has 0 saturated heterocycles. The maximum absolute atomic E-state index is 12.3. The Morgan fingerprint density at radius 2 is 1.88 bits per heavy atom. The molecule has 2 aromatic rings. The quantitative estimate of drug-likeness (QED) is 0.822. The molecule has 2 rings (SSSR count). The number of hydrogen-bond donors (Lipinski definition) is 2. The highest BCUT2D eigenvalue weighted by Gasteiger charge is 2.34. The molecule has 0 radical (unpaired) electrons. The molecule has 0 bridgehead atoms. The molecule has 1 heterocycles. The van der Waals surface area contributed by atoms with E-state index in [-0.39, 0.29) is 13.0 Å². The van der Waals surface area contributed by atoms with Crippen LogP contribution in [-0.2, 0) is 16.1 Å².